The summed E-state index contributed by atoms with van der Waals surface area (Å²) in [6.45, 7) is 1.66. The fourth-order valence-corrected chi connectivity index (χ4v) is 0.438. The third-order valence-corrected chi connectivity index (χ3v) is 0.640. The number of halogens is 3. The number of aliphatic carboxylic acids is 1. The Hall–Kier alpha value is -1.21. The fraction of sp³-hybridized carbons (Fsp3) is 0.500. The minimum absolute atomic E-state index is 0. The Labute approximate surface area is 66.3 Å². The first-order valence-electron chi connectivity index (χ1n) is 2.77. The second-order valence-electron chi connectivity index (χ2n) is 1.82. The zero-order valence-electron chi connectivity index (χ0n) is 6.41. The van der Waals surface area contributed by atoms with Crippen molar-refractivity contribution in [2.45, 2.75) is 13.8 Å². The molecule has 4 nitrogen and oxygen atoms in total. The van der Waals surface area contributed by atoms with E-state index in [2.05, 4.69) is 9.31 Å². The number of hydrogen-bond acceptors (Lipinski definition) is 3. The van der Waals surface area contributed by atoms with Gasteiger partial charge in [0.1, 0.15) is 0 Å². The van der Waals surface area contributed by atoms with Crippen molar-refractivity contribution in [3.63, 3.8) is 0 Å². The quantitative estimate of drug-likeness (QED) is 0.457. The van der Waals surface area contributed by atoms with E-state index in [0.29, 0.717) is 0 Å². The molecular formula is C4H8BF3O4. The molecule has 0 aromatic rings. The molecule has 8 heteroatoms. The van der Waals surface area contributed by atoms with Crippen molar-refractivity contribution < 1.29 is 32.2 Å². The van der Waals surface area contributed by atoms with Gasteiger partial charge in [-0.1, -0.05) is 0 Å². The van der Waals surface area contributed by atoms with Crippen molar-refractivity contribution in [1.29, 1.82) is 0 Å². The van der Waals surface area contributed by atoms with Crippen molar-refractivity contribution in [2.24, 2.45) is 0 Å². The number of carbonyl (C=O) groups is 2. The van der Waals surface area contributed by atoms with Crippen LogP contribution < -0.4 is 0 Å². The minimum atomic E-state index is -4.65. The Bertz CT molecular complexity index is 165. The van der Waals surface area contributed by atoms with Crippen molar-refractivity contribution in [3.8, 4) is 0 Å². The summed E-state index contributed by atoms with van der Waals surface area (Å²) in [4.78, 5) is 20.0. The van der Waals surface area contributed by atoms with Crippen LogP contribution in [0.1, 0.15) is 13.8 Å². The van der Waals surface area contributed by atoms with E-state index in [1.807, 2.05) is 0 Å². The van der Waals surface area contributed by atoms with E-state index in [4.69, 9.17) is 0 Å². The van der Waals surface area contributed by atoms with Crippen molar-refractivity contribution in [1.82, 2.24) is 0 Å². The topological polar surface area (TPSA) is 56.2 Å². The van der Waals surface area contributed by atoms with Crippen LogP contribution >= 0.6 is 0 Å². The van der Waals surface area contributed by atoms with Gasteiger partial charge in [0.05, 0.1) is 6.92 Å². The standard InChI is InChI=1S/C4H7BF2O4.FH/c1-3(8)10-5(6,7)11-4(2)9;/h10H,1-2H3;1H. The van der Waals surface area contributed by atoms with Crippen LogP contribution in [0.4, 0.5) is 13.3 Å². The van der Waals surface area contributed by atoms with Crippen molar-refractivity contribution >= 4 is 19.0 Å². The third-order valence-electron chi connectivity index (χ3n) is 0.640. The van der Waals surface area contributed by atoms with E-state index >= 15 is 0 Å². The van der Waals surface area contributed by atoms with Gasteiger partial charge in [0.2, 0.25) is 0 Å². The van der Waals surface area contributed by atoms with Crippen LogP contribution in [0.2, 0.25) is 0 Å². The average molecular weight is 188 g/mol. The zero-order chi connectivity index (χ0) is 9.07. The Balaban J connectivity index is 0. The molecule has 0 aliphatic rings. The monoisotopic (exact) mass is 188 g/mol. The van der Waals surface area contributed by atoms with Crippen LogP contribution in [0.25, 0.3) is 0 Å². The lowest BCUT2D eigenvalue weighted by Crippen LogP contribution is -2.39. The van der Waals surface area contributed by atoms with Crippen LogP contribution in [0.15, 0.2) is 0 Å². The van der Waals surface area contributed by atoms with Gasteiger partial charge in [0, 0.05) is 11.7 Å². The Morgan fingerprint density at radius 1 is 1.33 bits per heavy atom. The largest absolute Gasteiger partial charge is 0.812 e. The maximum Gasteiger partial charge on any atom is 0.812 e. The predicted octanol–water partition coefficient (Wildman–Crippen LogP) is 0.151. The molecule has 1 N–H and O–H groups in total. The maximum absolute atomic E-state index is 12.2. The molecule has 0 radical (unpaired) electrons. The van der Waals surface area contributed by atoms with Gasteiger partial charge in [0.15, 0.2) is 0 Å². The van der Waals surface area contributed by atoms with E-state index < -0.39 is 19.0 Å². The summed E-state index contributed by atoms with van der Waals surface area (Å²) in [5.41, 5.74) is 0. The minimum Gasteiger partial charge on any atom is -0.686 e. The molecule has 0 fully saturated rings. The summed E-state index contributed by atoms with van der Waals surface area (Å²) in [6.07, 6.45) is 0. The van der Waals surface area contributed by atoms with Gasteiger partial charge in [-0.2, -0.15) is 0 Å². The van der Waals surface area contributed by atoms with Crippen LogP contribution in [0.3, 0.4) is 0 Å². The molecule has 0 aromatic heterocycles. The zero-order valence-corrected chi connectivity index (χ0v) is 6.41. The first-order valence-corrected chi connectivity index (χ1v) is 2.77. The Kier molecular flexibility index (Phi) is 5.16. The van der Waals surface area contributed by atoms with E-state index in [-0.39, 0.29) is 4.70 Å². The van der Waals surface area contributed by atoms with Crippen LogP contribution in [-0.2, 0) is 14.2 Å². The van der Waals surface area contributed by atoms with E-state index in [0.717, 1.165) is 13.8 Å². The molecule has 0 unspecified atom stereocenters. The Morgan fingerprint density at radius 3 is 2.00 bits per heavy atom. The molecule has 0 amide bonds. The summed E-state index contributed by atoms with van der Waals surface area (Å²) in [6, 6.07) is 0. The summed E-state index contributed by atoms with van der Waals surface area (Å²) in [7, 11) is -4.65. The summed E-state index contributed by atoms with van der Waals surface area (Å²) in [5, 5.41) is 0. The van der Waals surface area contributed by atoms with Crippen molar-refractivity contribution in [2.75, 3.05) is 0 Å². The molecule has 0 saturated heterocycles. The molecule has 12 heavy (non-hydrogen) atoms. The van der Waals surface area contributed by atoms with Gasteiger partial charge in [-0.25, -0.2) is 0 Å². The molecule has 0 heterocycles. The SMILES string of the molecule is CC(=O)O[B-](F)(F)[OH+]C(C)=O.F. The van der Waals surface area contributed by atoms with Gasteiger partial charge >= 0.3 is 13.1 Å². The molecule has 0 saturated carbocycles. The highest BCUT2D eigenvalue weighted by Gasteiger charge is 2.40. The fourth-order valence-electron chi connectivity index (χ4n) is 0.438. The van der Waals surface area contributed by atoms with E-state index in [9.17, 15) is 18.2 Å². The predicted molar refractivity (Wildman–Crippen MR) is 35.1 cm³/mol. The highest BCUT2D eigenvalue weighted by molar-refractivity contribution is 6.54. The number of rotatable bonds is 2. The van der Waals surface area contributed by atoms with Gasteiger partial charge in [-0.3, -0.25) is 9.50 Å². The smallest absolute Gasteiger partial charge is 0.686 e. The first kappa shape index (κ1) is 13.4. The maximum atomic E-state index is 12.2. The summed E-state index contributed by atoms with van der Waals surface area (Å²) >= 11 is 0. The lowest BCUT2D eigenvalue weighted by atomic mass is 10.2. The first-order chi connectivity index (χ1) is 4.83. The normalized spacial score (nSPS) is 9.67. The van der Waals surface area contributed by atoms with Crippen LogP contribution in [-0.4, -0.2) is 23.7 Å². The number of carbonyl (C=O) groups excluding carboxylic acids is 1. The molecular weight excluding hydrogens is 180 g/mol. The number of carboxylic acids is 1. The summed E-state index contributed by atoms with van der Waals surface area (Å²) in [5.74, 6) is -2.24. The molecule has 0 aliphatic heterocycles. The highest BCUT2D eigenvalue weighted by atomic mass is 19.3. The average Bonchev–Trinajstić information content (AvgIpc) is 1.53. The second-order valence-corrected chi connectivity index (χ2v) is 1.82. The molecule has 0 spiro atoms. The molecule has 0 rings (SSSR count). The van der Waals surface area contributed by atoms with Crippen molar-refractivity contribution in [3.05, 3.63) is 0 Å². The van der Waals surface area contributed by atoms with Crippen LogP contribution in [0.5, 0.6) is 0 Å². The van der Waals surface area contributed by atoms with E-state index in [1.165, 1.54) is 0 Å². The van der Waals surface area contributed by atoms with Gasteiger partial charge in [-0.15, -0.1) is 0 Å². The molecule has 72 valence electrons. The summed E-state index contributed by atoms with van der Waals surface area (Å²) < 4.78 is 30.1. The molecule has 0 aliphatic carbocycles. The highest BCUT2D eigenvalue weighted by Crippen LogP contribution is 2.07. The molecule has 0 atom stereocenters. The number of hydrogen-bond donors (Lipinski definition) is 0. The lowest BCUT2D eigenvalue weighted by molar-refractivity contribution is -0.156. The molecule has 0 aromatic carbocycles. The molecule has 0 bridgehead atoms. The lowest BCUT2D eigenvalue weighted by Gasteiger charge is -2.20. The second kappa shape index (κ2) is 4.63. The van der Waals surface area contributed by atoms with Gasteiger partial charge in [0.25, 0.3) is 5.97 Å². The van der Waals surface area contributed by atoms with E-state index in [1.54, 1.807) is 0 Å². The van der Waals surface area contributed by atoms with Crippen LogP contribution in [0, 0.1) is 0 Å². The van der Waals surface area contributed by atoms with Gasteiger partial charge < -0.3 is 17.9 Å². The van der Waals surface area contributed by atoms with Gasteiger partial charge in [-0.05, 0) is 0 Å². The Morgan fingerprint density at radius 2 is 1.75 bits per heavy atom. The third kappa shape index (κ3) is 6.91.